The molecule has 6 nitrogen and oxygen atoms in total. The van der Waals surface area contributed by atoms with Crippen LogP contribution >= 0.6 is 0 Å². The lowest BCUT2D eigenvalue weighted by molar-refractivity contribution is 0.192. The van der Waals surface area contributed by atoms with E-state index < -0.39 is 0 Å². The van der Waals surface area contributed by atoms with E-state index in [1.807, 2.05) is 6.07 Å². The molecule has 6 heteroatoms. The molecule has 0 amide bonds. The molecule has 0 saturated carbocycles. The SMILES string of the molecule is CN=C(NCc1cc(C(C)C)no1)NCC(C(C)C)N1CCCC1. The summed E-state index contributed by atoms with van der Waals surface area (Å²) in [5.41, 5.74) is 0.989. The van der Waals surface area contributed by atoms with E-state index in [0.717, 1.165) is 24.0 Å². The Labute approximate surface area is 146 Å². The van der Waals surface area contributed by atoms with Gasteiger partial charge in [-0.1, -0.05) is 32.9 Å². The number of rotatable bonds is 7. The van der Waals surface area contributed by atoms with Crippen molar-refractivity contribution in [2.24, 2.45) is 10.9 Å². The molecule has 136 valence electrons. The van der Waals surface area contributed by atoms with Gasteiger partial charge in [0.25, 0.3) is 0 Å². The number of nitrogens with zero attached hydrogens (tertiary/aromatic N) is 3. The van der Waals surface area contributed by atoms with Gasteiger partial charge in [-0.2, -0.15) is 0 Å². The van der Waals surface area contributed by atoms with E-state index in [-0.39, 0.29) is 0 Å². The number of aromatic nitrogens is 1. The Morgan fingerprint density at radius 1 is 1.25 bits per heavy atom. The molecule has 1 saturated heterocycles. The van der Waals surface area contributed by atoms with E-state index in [1.165, 1.54) is 25.9 Å². The molecule has 0 bridgehead atoms. The summed E-state index contributed by atoms with van der Waals surface area (Å²) in [7, 11) is 1.80. The van der Waals surface area contributed by atoms with Crippen molar-refractivity contribution in [3.63, 3.8) is 0 Å². The number of hydrogen-bond acceptors (Lipinski definition) is 4. The van der Waals surface area contributed by atoms with Gasteiger partial charge in [-0.3, -0.25) is 9.89 Å². The van der Waals surface area contributed by atoms with Crippen LogP contribution in [0.5, 0.6) is 0 Å². The quantitative estimate of drug-likeness (QED) is 0.592. The van der Waals surface area contributed by atoms with Crippen LogP contribution in [0.15, 0.2) is 15.6 Å². The Morgan fingerprint density at radius 3 is 2.50 bits per heavy atom. The summed E-state index contributed by atoms with van der Waals surface area (Å²) >= 11 is 0. The molecule has 1 aliphatic heterocycles. The Kier molecular flexibility index (Phi) is 7.09. The third-order valence-corrected chi connectivity index (χ3v) is 4.68. The summed E-state index contributed by atoms with van der Waals surface area (Å²) < 4.78 is 5.36. The summed E-state index contributed by atoms with van der Waals surface area (Å²) in [6.45, 7) is 12.7. The summed E-state index contributed by atoms with van der Waals surface area (Å²) in [6.07, 6.45) is 2.64. The maximum atomic E-state index is 5.36. The lowest BCUT2D eigenvalue weighted by Gasteiger charge is -2.31. The van der Waals surface area contributed by atoms with Gasteiger partial charge < -0.3 is 15.2 Å². The van der Waals surface area contributed by atoms with Crippen LogP contribution in [0.1, 0.15) is 57.9 Å². The Hall–Kier alpha value is -1.56. The van der Waals surface area contributed by atoms with E-state index in [2.05, 4.69) is 53.4 Å². The van der Waals surface area contributed by atoms with Gasteiger partial charge in [-0.25, -0.2) is 0 Å². The minimum Gasteiger partial charge on any atom is -0.359 e. The van der Waals surface area contributed by atoms with Gasteiger partial charge in [-0.15, -0.1) is 0 Å². The van der Waals surface area contributed by atoms with Gasteiger partial charge in [-0.05, 0) is 37.8 Å². The number of likely N-dealkylation sites (tertiary alicyclic amines) is 1. The number of guanidine groups is 1. The monoisotopic (exact) mass is 335 g/mol. The van der Waals surface area contributed by atoms with Crippen LogP contribution in [0, 0.1) is 5.92 Å². The predicted octanol–water partition coefficient (Wildman–Crippen LogP) is 2.58. The predicted molar refractivity (Wildman–Crippen MR) is 98.2 cm³/mol. The highest BCUT2D eigenvalue weighted by molar-refractivity contribution is 5.79. The van der Waals surface area contributed by atoms with Crippen LogP contribution in [-0.2, 0) is 6.54 Å². The topological polar surface area (TPSA) is 65.7 Å². The molecule has 0 radical (unpaired) electrons. The zero-order valence-electron chi connectivity index (χ0n) is 15.8. The van der Waals surface area contributed by atoms with Crippen LogP contribution in [0.2, 0.25) is 0 Å². The molecule has 1 atom stereocenters. The second-order valence-corrected chi connectivity index (χ2v) is 7.23. The average molecular weight is 335 g/mol. The van der Waals surface area contributed by atoms with Gasteiger partial charge >= 0.3 is 0 Å². The standard InChI is InChI=1S/C18H33N5O/c1-13(2)16-10-15(24-22-16)11-20-18(19-5)21-12-17(14(3)4)23-8-6-7-9-23/h10,13-14,17H,6-9,11-12H2,1-5H3,(H2,19,20,21). The fraction of sp³-hybridized carbons (Fsp3) is 0.778. The van der Waals surface area contributed by atoms with Crippen molar-refractivity contribution in [3.05, 3.63) is 17.5 Å². The second kappa shape index (κ2) is 9.06. The fourth-order valence-electron chi connectivity index (χ4n) is 3.14. The number of aliphatic imine (C=N–C) groups is 1. The summed E-state index contributed by atoms with van der Waals surface area (Å²) in [5, 5.41) is 10.9. The Bertz CT molecular complexity index is 517. The smallest absolute Gasteiger partial charge is 0.191 e. The van der Waals surface area contributed by atoms with Gasteiger partial charge in [0, 0.05) is 25.7 Å². The van der Waals surface area contributed by atoms with Gasteiger partial charge in [0.2, 0.25) is 0 Å². The van der Waals surface area contributed by atoms with E-state index in [4.69, 9.17) is 4.52 Å². The van der Waals surface area contributed by atoms with E-state index in [0.29, 0.717) is 24.4 Å². The molecule has 2 N–H and O–H groups in total. The lowest BCUT2D eigenvalue weighted by Crippen LogP contribution is -2.48. The highest BCUT2D eigenvalue weighted by Crippen LogP contribution is 2.17. The molecule has 2 heterocycles. The zero-order chi connectivity index (χ0) is 17.5. The molecule has 0 aliphatic carbocycles. The highest BCUT2D eigenvalue weighted by Gasteiger charge is 2.24. The Balaban J connectivity index is 1.82. The van der Waals surface area contributed by atoms with E-state index in [9.17, 15) is 0 Å². The third kappa shape index (κ3) is 5.23. The molecule has 24 heavy (non-hydrogen) atoms. The lowest BCUT2D eigenvalue weighted by atomic mass is 10.0. The molecular weight excluding hydrogens is 302 g/mol. The number of hydrogen-bond donors (Lipinski definition) is 2. The first-order valence-electron chi connectivity index (χ1n) is 9.15. The van der Waals surface area contributed by atoms with Gasteiger partial charge in [0.1, 0.15) is 0 Å². The summed E-state index contributed by atoms with van der Waals surface area (Å²) in [6, 6.07) is 2.55. The van der Waals surface area contributed by atoms with Gasteiger partial charge in [0.05, 0.1) is 12.2 Å². The largest absolute Gasteiger partial charge is 0.359 e. The van der Waals surface area contributed by atoms with Crippen LogP contribution < -0.4 is 10.6 Å². The van der Waals surface area contributed by atoms with E-state index in [1.54, 1.807) is 7.05 Å². The minimum absolute atomic E-state index is 0.382. The Morgan fingerprint density at radius 2 is 1.96 bits per heavy atom. The molecule has 1 aromatic heterocycles. The van der Waals surface area contributed by atoms with Crippen LogP contribution in [0.25, 0.3) is 0 Å². The minimum atomic E-state index is 0.382. The van der Waals surface area contributed by atoms with Crippen molar-refractivity contribution in [2.75, 3.05) is 26.7 Å². The van der Waals surface area contributed by atoms with Crippen molar-refractivity contribution in [1.29, 1.82) is 0 Å². The molecule has 2 rings (SSSR count). The first-order valence-corrected chi connectivity index (χ1v) is 9.15. The molecule has 1 aliphatic rings. The summed E-state index contributed by atoms with van der Waals surface area (Å²) in [5.74, 6) is 2.65. The fourth-order valence-corrected chi connectivity index (χ4v) is 3.14. The third-order valence-electron chi connectivity index (χ3n) is 4.68. The normalized spacial score (nSPS) is 17.7. The molecule has 0 spiro atoms. The van der Waals surface area contributed by atoms with Crippen molar-refractivity contribution in [2.45, 2.75) is 59.0 Å². The second-order valence-electron chi connectivity index (χ2n) is 7.23. The van der Waals surface area contributed by atoms with E-state index >= 15 is 0 Å². The van der Waals surface area contributed by atoms with Crippen molar-refractivity contribution < 1.29 is 4.52 Å². The maximum Gasteiger partial charge on any atom is 0.191 e. The highest BCUT2D eigenvalue weighted by atomic mass is 16.5. The maximum absolute atomic E-state index is 5.36. The molecule has 1 fully saturated rings. The molecule has 0 aromatic carbocycles. The number of nitrogens with one attached hydrogen (secondary N) is 2. The molecule has 1 unspecified atom stereocenters. The molecule has 1 aromatic rings. The first kappa shape index (κ1) is 18.8. The summed E-state index contributed by atoms with van der Waals surface area (Å²) in [4.78, 5) is 6.91. The van der Waals surface area contributed by atoms with Crippen LogP contribution in [0.4, 0.5) is 0 Å². The van der Waals surface area contributed by atoms with Crippen LogP contribution in [-0.4, -0.2) is 48.7 Å². The van der Waals surface area contributed by atoms with Crippen molar-refractivity contribution in [3.8, 4) is 0 Å². The molecular formula is C18H33N5O. The first-order chi connectivity index (χ1) is 11.5. The van der Waals surface area contributed by atoms with Crippen molar-refractivity contribution in [1.82, 2.24) is 20.7 Å². The van der Waals surface area contributed by atoms with Crippen LogP contribution in [0.3, 0.4) is 0 Å². The van der Waals surface area contributed by atoms with Crippen molar-refractivity contribution >= 4 is 5.96 Å². The zero-order valence-corrected chi connectivity index (χ0v) is 15.8. The van der Waals surface area contributed by atoms with Gasteiger partial charge in [0.15, 0.2) is 11.7 Å². The average Bonchev–Trinajstić information content (AvgIpc) is 3.21.